The van der Waals surface area contributed by atoms with E-state index in [0.29, 0.717) is 48.3 Å². The van der Waals surface area contributed by atoms with E-state index in [2.05, 4.69) is 52.0 Å². The minimum Gasteiger partial charge on any atom is -0.481 e. The highest BCUT2D eigenvalue weighted by Gasteiger charge is 2.63. The summed E-state index contributed by atoms with van der Waals surface area (Å²) in [6.45, 7) is 9.30. The van der Waals surface area contributed by atoms with Crippen LogP contribution in [0.5, 0.6) is 0 Å². The van der Waals surface area contributed by atoms with Crippen molar-refractivity contribution in [1.82, 2.24) is 0 Å². The molecule has 0 aliphatic heterocycles. The number of rotatable bonds is 19. The Bertz CT molecular complexity index is 1030. The Morgan fingerprint density at radius 3 is 2.26 bits per heavy atom. The molecule has 0 aromatic heterocycles. The lowest BCUT2D eigenvalue weighted by Crippen LogP contribution is -2.59. The molecule has 0 aromatic carbocycles. The molecule has 47 heavy (non-hydrogen) atoms. The van der Waals surface area contributed by atoms with Crippen molar-refractivity contribution in [2.24, 2.45) is 46.3 Å². The summed E-state index contributed by atoms with van der Waals surface area (Å²) in [4.78, 5) is 24.0. The van der Waals surface area contributed by atoms with Gasteiger partial charge in [-0.1, -0.05) is 84.1 Å². The van der Waals surface area contributed by atoms with Gasteiger partial charge in [-0.15, -0.1) is 0 Å². The summed E-state index contributed by atoms with van der Waals surface area (Å²) in [6, 6.07) is 0. The summed E-state index contributed by atoms with van der Waals surface area (Å²) in [7, 11) is 0. The lowest BCUT2D eigenvalue weighted by molar-refractivity contribution is -0.181. The molecule has 4 aliphatic carbocycles. The van der Waals surface area contributed by atoms with Gasteiger partial charge in [-0.25, -0.2) is 0 Å². The number of carbonyl (C=O) groups is 2. The molecule has 0 saturated heterocycles. The minimum atomic E-state index is -0.713. The third-order valence-electron chi connectivity index (χ3n) is 13.9. The van der Waals surface area contributed by atoms with Gasteiger partial charge in [0.15, 0.2) is 0 Å². The number of unbranched alkanes of at least 4 members (excludes halogenated alkanes) is 8. The third-order valence-corrected chi connectivity index (χ3v) is 13.9. The van der Waals surface area contributed by atoms with Gasteiger partial charge in [0.25, 0.3) is 0 Å². The number of carbonyl (C=O) groups excluding carboxylic acids is 1. The molecule has 4 saturated carbocycles. The Balaban J connectivity index is 1.13. The lowest BCUT2D eigenvalue weighted by Gasteiger charge is -2.62. The van der Waals surface area contributed by atoms with Crippen molar-refractivity contribution in [1.29, 1.82) is 0 Å². The van der Waals surface area contributed by atoms with Crippen LogP contribution < -0.4 is 0 Å². The van der Waals surface area contributed by atoms with Gasteiger partial charge in [-0.2, -0.15) is 0 Å². The van der Waals surface area contributed by atoms with E-state index in [0.717, 1.165) is 57.8 Å². The van der Waals surface area contributed by atoms with E-state index in [9.17, 15) is 19.8 Å². The second kappa shape index (κ2) is 18.4. The molecule has 0 amide bonds. The van der Waals surface area contributed by atoms with Crippen molar-refractivity contribution in [3.05, 3.63) is 24.3 Å². The maximum Gasteiger partial charge on any atom is 0.306 e. The molecule has 5 nitrogen and oxygen atoms in total. The fourth-order valence-corrected chi connectivity index (χ4v) is 11.1. The van der Waals surface area contributed by atoms with Gasteiger partial charge in [0.05, 0.1) is 6.10 Å². The quantitative estimate of drug-likeness (QED) is 0.0822. The third kappa shape index (κ3) is 9.76. The Hall–Kier alpha value is -1.62. The summed E-state index contributed by atoms with van der Waals surface area (Å²) in [5.41, 5.74) is 0.109. The van der Waals surface area contributed by atoms with E-state index in [1.807, 2.05) is 0 Å². The van der Waals surface area contributed by atoms with Crippen molar-refractivity contribution < 1.29 is 24.5 Å². The summed E-state index contributed by atoms with van der Waals surface area (Å²) in [5.74, 6) is 2.30. The van der Waals surface area contributed by atoms with E-state index >= 15 is 0 Å². The van der Waals surface area contributed by atoms with Crippen LogP contribution in [0.2, 0.25) is 0 Å². The molecule has 268 valence electrons. The number of fused-ring (bicyclic) bond motifs is 5. The normalized spacial score (nSPS) is 35.8. The SMILES string of the molecule is CCCCC/C=C\C/C=C\CCCCCCCC(=O)OC1CCC2(C)C(CCC3C2CC(O)C2(C)C(C(C)CCC(=O)O)CCC32)C1. The van der Waals surface area contributed by atoms with E-state index in [1.165, 1.54) is 64.2 Å². The van der Waals surface area contributed by atoms with Gasteiger partial charge in [0.2, 0.25) is 0 Å². The number of carboxylic acid groups (broad SMARTS) is 1. The molecule has 4 fully saturated rings. The van der Waals surface area contributed by atoms with Gasteiger partial charge in [-0.3, -0.25) is 9.59 Å². The first kappa shape index (κ1) is 38.2. The first-order chi connectivity index (χ1) is 22.6. The van der Waals surface area contributed by atoms with E-state index in [4.69, 9.17) is 4.74 Å². The van der Waals surface area contributed by atoms with Crippen molar-refractivity contribution in [3.63, 3.8) is 0 Å². The molecule has 4 aliphatic rings. The zero-order chi connectivity index (χ0) is 33.9. The second-order valence-corrected chi connectivity index (χ2v) is 16.7. The van der Waals surface area contributed by atoms with Crippen LogP contribution in [0, 0.1) is 46.3 Å². The number of carboxylic acids is 1. The molecule has 0 bridgehead atoms. The Kier molecular flexibility index (Phi) is 14.9. The summed E-state index contributed by atoms with van der Waals surface area (Å²) in [6.07, 6.45) is 32.1. The highest BCUT2D eigenvalue weighted by molar-refractivity contribution is 5.69. The number of esters is 1. The zero-order valence-corrected chi connectivity index (χ0v) is 30.6. The molecule has 0 spiro atoms. The standard InChI is InChI=1S/C42H70O5/c1-5-6-7-8-9-10-11-12-13-14-15-16-17-18-19-20-40(46)47-33-27-28-41(3)32(29-33)22-23-34-36-25-24-35(31(2)21-26-39(44)45)42(36,4)38(43)30-37(34)41/h9-10,12-13,31-38,43H,5-8,11,14-30H2,1-4H3,(H,44,45)/b10-9-,13-12-. The maximum atomic E-state index is 12.8. The molecular weight excluding hydrogens is 584 g/mol. The monoisotopic (exact) mass is 655 g/mol. The maximum absolute atomic E-state index is 12.8. The van der Waals surface area contributed by atoms with Gasteiger partial charge in [0.1, 0.15) is 6.10 Å². The molecule has 4 rings (SSSR count). The molecular formula is C42H70O5. The van der Waals surface area contributed by atoms with Gasteiger partial charge in [-0.05, 0) is 143 Å². The fourth-order valence-electron chi connectivity index (χ4n) is 11.1. The number of aliphatic carboxylic acids is 1. The van der Waals surface area contributed by atoms with Crippen LogP contribution >= 0.6 is 0 Å². The predicted molar refractivity (Wildman–Crippen MR) is 192 cm³/mol. The Morgan fingerprint density at radius 2 is 1.53 bits per heavy atom. The van der Waals surface area contributed by atoms with Crippen molar-refractivity contribution in [2.75, 3.05) is 0 Å². The van der Waals surface area contributed by atoms with Crippen LogP contribution in [-0.2, 0) is 14.3 Å². The predicted octanol–water partition coefficient (Wildman–Crippen LogP) is 10.8. The average Bonchev–Trinajstić information content (AvgIpc) is 3.41. The smallest absolute Gasteiger partial charge is 0.306 e. The minimum absolute atomic E-state index is 0.00385. The molecule has 10 unspecified atom stereocenters. The lowest BCUT2D eigenvalue weighted by atomic mass is 9.43. The highest BCUT2D eigenvalue weighted by Crippen LogP contribution is 2.68. The zero-order valence-electron chi connectivity index (χ0n) is 30.6. The van der Waals surface area contributed by atoms with Gasteiger partial charge < -0.3 is 14.9 Å². The molecule has 5 heteroatoms. The fraction of sp³-hybridized carbons (Fsp3) is 0.857. The molecule has 2 N–H and O–H groups in total. The molecule has 0 aromatic rings. The number of ether oxygens (including phenoxy) is 1. The van der Waals surface area contributed by atoms with Gasteiger partial charge >= 0.3 is 11.9 Å². The van der Waals surface area contributed by atoms with Crippen LogP contribution in [0.4, 0.5) is 0 Å². The Labute approximate surface area is 287 Å². The average molecular weight is 655 g/mol. The molecule has 10 atom stereocenters. The largest absolute Gasteiger partial charge is 0.481 e. The number of aliphatic hydroxyl groups is 1. The van der Waals surface area contributed by atoms with Crippen molar-refractivity contribution in [2.45, 2.75) is 181 Å². The molecule has 0 radical (unpaired) electrons. The molecule has 0 heterocycles. The van der Waals surface area contributed by atoms with E-state index in [1.54, 1.807) is 0 Å². The summed E-state index contributed by atoms with van der Waals surface area (Å²) in [5, 5.41) is 21.0. The van der Waals surface area contributed by atoms with Crippen LogP contribution in [0.3, 0.4) is 0 Å². The number of allylic oxidation sites excluding steroid dienone is 4. The summed E-state index contributed by atoms with van der Waals surface area (Å²) >= 11 is 0. The van der Waals surface area contributed by atoms with Crippen LogP contribution in [0.15, 0.2) is 24.3 Å². The van der Waals surface area contributed by atoms with Crippen LogP contribution in [0.25, 0.3) is 0 Å². The van der Waals surface area contributed by atoms with Crippen molar-refractivity contribution in [3.8, 4) is 0 Å². The first-order valence-electron chi connectivity index (χ1n) is 20.0. The van der Waals surface area contributed by atoms with Gasteiger partial charge in [0, 0.05) is 12.8 Å². The van der Waals surface area contributed by atoms with Crippen molar-refractivity contribution >= 4 is 11.9 Å². The number of hydrogen-bond donors (Lipinski definition) is 2. The van der Waals surface area contributed by atoms with E-state index < -0.39 is 5.97 Å². The van der Waals surface area contributed by atoms with E-state index in [-0.39, 0.29) is 35.4 Å². The van der Waals surface area contributed by atoms with Crippen LogP contribution in [0.1, 0.15) is 169 Å². The second-order valence-electron chi connectivity index (χ2n) is 16.7. The Morgan fingerprint density at radius 1 is 0.830 bits per heavy atom. The highest BCUT2D eigenvalue weighted by atomic mass is 16.5. The van der Waals surface area contributed by atoms with Crippen LogP contribution in [-0.4, -0.2) is 34.4 Å². The topological polar surface area (TPSA) is 83.8 Å². The number of hydrogen-bond acceptors (Lipinski definition) is 4. The first-order valence-corrected chi connectivity index (χ1v) is 20.0. The number of aliphatic hydroxyl groups excluding tert-OH is 1. The summed E-state index contributed by atoms with van der Waals surface area (Å²) < 4.78 is 6.08.